The molecule has 0 fully saturated rings. The number of nitrogens with zero attached hydrogens (tertiary/aromatic N) is 2. The summed E-state index contributed by atoms with van der Waals surface area (Å²) in [6.07, 6.45) is 0. The Labute approximate surface area is 127 Å². The molecule has 0 bridgehead atoms. The Morgan fingerprint density at radius 2 is 2.19 bits per heavy atom. The van der Waals surface area contributed by atoms with Crippen LogP contribution in [-0.2, 0) is 18.4 Å². The molecule has 2 rings (SSSR count). The molecule has 0 radical (unpaired) electrons. The molecule has 0 aliphatic carbocycles. The van der Waals surface area contributed by atoms with E-state index in [-0.39, 0.29) is 12.2 Å². The van der Waals surface area contributed by atoms with Gasteiger partial charge in [0.1, 0.15) is 23.1 Å². The number of nitrogen functional groups attached to an aromatic ring is 1. The first kappa shape index (κ1) is 15.2. The highest BCUT2D eigenvalue weighted by atomic mass is 35.5. The van der Waals surface area contributed by atoms with Crippen molar-refractivity contribution in [3.05, 3.63) is 40.2 Å². The predicted octanol–water partition coefficient (Wildman–Crippen LogP) is 2.33. The van der Waals surface area contributed by atoms with E-state index in [9.17, 15) is 4.79 Å². The number of ether oxygens (including phenoxy) is 2. The predicted molar refractivity (Wildman–Crippen MR) is 79.5 cm³/mol. The van der Waals surface area contributed by atoms with Crippen LogP contribution in [0.4, 0.5) is 5.69 Å². The van der Waals surface area contributed by atoms with Crippen molar-refractivity contribution in [2.24, 2.45) is 7.05 Å². The molecule has 0 spiro atoms. The number of carbonyl (C=O) groups excluding carboxylic acids is 1. The van der Waals surface area contributed by atoms with E-state index in [0.29, 0.717) is 16.6 Å². The monoisotopic (exact) mass is 309 g/mol. The summed E-state index contributed by atoms with van der Waals surface area (Å²) in [5.41, 5.74) is 7.84. The Kier molecular flexibility index (Phi) is 4.37. The number of hydrogen-bond donors (Lipinski definition) is 1. The van der Waals surface area contributed by atoms with Crippen LogP contribution in [-0.4, -0.2) is 22.9 Å². The lowest BCUT2D eigenvalue weighted by molar-refractivity contribution is 0.0597. The third kappa shape index (κ3) is 2.95. The van der Waals surface area contributed by atoms with Crippen LogP contribution in [0.15, 0.2) is 18.2 Å². The number of carbonyl (C=O) groups is 1. The van der Waals surface area contributed by atoms with Crippen LogP contribution in [0.2, 0.25) is 5.15 Å². The SMILES string of the molecule is COC(=O)c1c(N)cccc1OCc1c(C)nn(C)c1Cl. The summed E-state index contributed by atoms with van der Waals surface area (Å²) < 4.78 is 12.0. The van der Waals surface area contributed by atoms with E-state index in [2.05, 4.69) is 5.10 Å². The fourth-order valence-corrected chi connectivity index (χ4v) is 2.21. The third-order valence-corrected chi connectivity index (χ3v) is 3.56. The molecule has 0 atom stereocenters. The number of benzene rings is 1. The van der Waals surface area contributed by atoms with Crippen molar-refractivity contribution in [1.82, 2.24) is 9.78 Å². The molecule has 1 aromatic carbocycles. The molecule has 0 unspecified atom stereocenters. The fraction of sp³-hybridized carbons (Fsp3) is 0.286. The minimum atomic E-state index is -0.544. The highest BCUT2D eigenvalue weighted by Gasteiger charge is 2.18. The van der Waals surface area contributed by atoms with Crippen LogP contribution in [0.5, 0.6) is 5.75 Å². The van der Waals surface area contributed by atoms with Gasteiger partial charge in [-0.25, -0.2) is 4.79 Å². The van der Waals surface area contributed by atoms with E-state index in [1.54, 1.807) is 29.9 Å². The summed E-state index contributed by atoms with van der Waals surface area (Å²) in [7, 11) is 3.04. The van der Waals surface area contributed by atoms with Crippen molar-refractivity contribution in [2.75, 3.05) is 12.8 Å². The molecule has 0 aliphatic rings. The van der Waals surface area contributed by atoms with Gasteiger partial charge in [-0.05, 0) is 19.1 Å². The van der Waals surface area contributed by atoms with Crippen LogP contribution < -0.4 is 10.5 Å². The Hall–Kier alpha value is -2.21. The zero-order chi connectivity index (χ0) is 15.6. The van der Waals surface area contributed by atoms with Crippen LogP contribution in [0, 0.1) is 6.92 Å². The van der Waals surface area contributed by atoms with Crippen molar-refractivity contribution in [3.8, 4) is 5.75 Å². The quantitative estimate of drug-likeness (QED) is 0.692. The first-order valence-electron chi connectivity index (χ1n) is 6.23. The van der Waals surface area contributed by atoms with Crippen molar-refractivity contribution in [1.29, 1.82) is 0 Å². The second kappa shape index (κ2) is 6.05. The number of hydrogen-bond acceptors (Lipinski definition) is 5. The number of halogens is 1. The molecule has 0 saturated heterocycles. The second-order valence-corrected chi connectivity index (χ2v) is 4.84. The van der Waals surface area contributed by atoms with Gasteiger partial charge >= 0.3 is 5.97 Å². The maximum absolute atomic E-state index is 11.8. The molecule has 6 nitrogen and oxygen atoms in total. The van der Waals surface area contributed by atoms with Crippen LogP contribution in [0.1, 0.15) is 21.6 Å². The van der Waals surface area contributed by atoms with Gasteiger partial charge in [0.25, 0.3) is 0 Å². The normalized spacial score (nSPS) is 10.5. The average molecular weight is 310 g/mol. The molecule has 1 aromatic heterocycles. The summed E-state index contributed by atoms with van der Waals surface area (Å²) >= 11 is 6.15. The molecule has 0 saturated carbocycles. The molecule has 21 heavy (non-hydrogen) atoms. The van der Waals surface area contributed by atoms with Crippen molar-refractivity contribution >= 4 is 23.3 Å². The van der Waals surface area contributed by atoms with E-state index in [1.807, 2.05) is 6.92 Å². The molecular weight excluding hydrogens is 294 g/mol. The third-order valence-electron chi connectivity index (χ3n) is 3.09. The van der Waals surface area contributed by atoms with Gasteiger partial charge < -0.3 is 15.2 Å². The number of aromatic nitrogens is 2. The van der Waals surface area contributed by atoms with Gasteiger partial charge in [0.2, 0.25) is 0 Å². The lowest BCUT2D eigenvalue weighted by Gasteiger charge is -2.12. The Morgan fingerprint density at radius 3 is 2.76 bits per heavy atom. The van der Waals surface area contributed by atoms with E-state index >= 15 is 0 Å². The zero-order valence-corrected chi connectivity index (χ0v) is 12.8. The van der Waals surface area contributed by atoms with Crippen molar-refractivity contribution < 1.29 is 14.3 Å². The highest BCUT2D eigenvalue weighted by Crippen LogP contribution is 2.27. The number of anilines is 1. The van der Waals surface area contributed by atoms with Gasteiger partial charge in [0.05, 0.1) is 12.8 Å². The lowest BCUT2D eigenvalue weighted by atomic mass is 10.1. The standard InChI is InChI=1S/C14H16ClN3O3/c1-8-9(13(15)18(2)17-8)7-21-11-6-4-5-10(16)12(11)14(19)20-3/h4-6H,7,16H2,1-3H3. The van der Waals surface area contributed by atoms with Gasteiger partial charge in [-0.3, -0.25) is 4.68 Å². The molecule has 2 aromatic rings. The molecule has 0 amide bonds. The van der Waals surface area contributed by atoms with Crippen molar-refractivity contribution in [2.45, 2.75) is 13.5 Å². The van der Waals surface area contributed by atoms with E-state index in [0.717, 1.165) is 11.3 Å². The molecule has 2 N–H and O–H groups in total. The van der Waals surface area contributed by atoms with Crippen LogP contribution >= 0.6 is 11.6 Å². The first-order chi connectivity index (χ1) is 9.95. The minimum absolute atomic E-state index is 0.186. The average Bonchev–Trinajstić information content (AvgIpc) is 2.69. The smallest absolute Gasteiger partial charge is 0.343 e. The van der Waals surface area contributed by atoms with Crippen LogP contribution in [0.3, 0.4) is 0 Å². The highest BCUT2D eigenvalue weighted by molar-refractivity contribution is 6.30. The topological polar surface area (TPSA) is 79.4 Å². The number of methoxy groups -OCH3 is 1. The molecule has 7 heteroatoms. The maximum atomic E-state index is 11.8. The van der Waals surface area contributed by atoms with Gasteiger partial charge in [0.15, 0.2) is 0 Å². The molecular formula is C14H16ClN3O3. The summed E-state index contributed by atoms with van der Waals surface area (Å²) in [6, 6.07) is 4.97. The molecule has 0 aliphatic heterocycles. The Balaban J connectivity index is 2.28. The maximum Gasteiger partial charge on any atom is 0.343 e. The molecule has 112 valence electrons. The first-order valence-corrected chi connectivity index (χ1v) is 6.61. The summed E-state index contributed by atoms with van der Waals surface area (Å²) in [4.78, 5) is 11.8. The van der Waals surface area contributed by atoms with E-state index in [1.165, 1.54) is 7.11 Å². The van der Waals surface area contributed by atoms with Gasteiger partial charge in [-0.15, -0.1) is 0 Å². The zero-order valence-electron chi connectivity index (χ0n) is 12.0. The van der Waals surface area contributed by atoms with E-state index in [4.69, 9.17) is 26.8 Å². The number of aryl methyl sites for hydroxylation is 2. The number of esters is 1. The van der Waals surface area contributed by atoms with Gasteiger partial charge in [-0.2, -0.15) is 5.10 Å². The second-order valence-electron chi connectivity index (χ2n) is 4.48. The lowest BCUT2D eigenvalue weighted by Crippen LogP contribution is -2.09. The van der Waals surface area contributed by atoms with Gasteiger partial charge in [-0.1, -0.05) is 17.7 Å². The Bertz CT molecular complexity index is 682. The van der Waals surface area contributed by atoms with Crippen molar-refractivity contribution in [3.63, 3.8) is 0 Å². The number of rotatable bonds is 4. The van der Waals surface area contributed by atoms with Gasteiger partial charge in [0, 0.05) is 18.3 Å². The summed E-state index contributed by atoms with van der Waals surface area (Å²) in [5, 5.41) is 4.70. The Morgan fingerprint density at radius 1 is 1.48 bits per heavy atom. The van der Waals surface area contributed by atoms with Crippen LogP contribution in [0.25, 0.3) is 0 Å². The summed E-state index contributed by atoms with van der Waals surface area (Å²) in [6.45, 7) is 2.02. The minimum Gasteiger partial charge on any atom is -0.488 e. The van der Waals surface area contributed by atoms with E-state index < -0.39 is 5.97 Å². The number of nitrogens with two attached hydrogens (primary N) is 1. The summed E-state index contributed by atoms with van der Waals surface area (Å²) in [5.74, 6) is -0.196. The largest absolute Gasteiger partial charge is 0.488 e. The fourth-order valence-electron chi connectivity index (χ4n) is 1.98. The molecule has 1 heterocycles.